The summed E-state index contributed by atoms with van der Waals surface area (Å²) in [5.74, 6) is 0.657. The van der Waals surface area contributed by atoms with Crippen LogP contribution in [0.2, 0.25) is 0 Å². The molecule has 0 amide bonds. The van der Waals surface area contributed by atoms with Crippen molar-refractivity contribution in [1.29, 1.82) is 0 Å². The van der Waals surface area contributed by atoms with Crippen LogP contribution in [0.3, 0.4) is 0 Å². The van der Waals surface area contributed by atoms with Crippen molar-refractivity contribution in [2.75, 3.05) is 20.1 Å². The van der Waals surface area contributed by atoms with Gasteiger partial charge in [-0.1, -0.05) is 0 Å². The van der Waals surface area contributed by atoms with E-state index in [2.05, 4.69) is 20.8 Å². The highest BCUT2D eigenvalue weighted by molar-refractivity contribution is 9.10. The highest BCUT2D eigenvalue weighted by Gasteiger charge is 2.37. The normalized spacial score (nSPS) is 29.4. The van der Waals surface area contributed by atoms with Crippen LogP contribution in [0, 0.1) is 0 Å². The summed E-state index contributed by atoms with van der Waals surface area (Å²) in [7, 11) is 2.01. The molecule has 1 N–H and O–H groups in total. The van der Waals surface area contributed by atoms with Crippen LogP contribution in [0.4, 0.5) is 0 Å². The Hall–Kier alpha value is -0.320. The van der Waals surface area contributed by atoms with E-state index in [4.69, 9.17) is 4.42 Å². The van der Waals surface area contributed by atoms with Crippen molar-refractivity contribution in [2.45, 2.75) is 18.4 Å². The molecule has 1 unspecified atom stereocenters. The van der Waals surface area contributed by atoms with E-state index < -0.39 is 5.60 Å². The van der Waals surface area contributed by atoms with E-state index in [-0.39, 0.29) is 0 Å². The molecule has 1 aromatic heterocycles. The lowest BCUT2D eigenvalue weighted by atomic mass is 9.91. The van der Waals surface area contributed by atoms with E-state index in [9.17, 15) is 5.11 Å². The quantitative estimate of drug-likeness (QED) is 0.838. The van der Waals surface area contributed by atoms with Crippen LogP contribution in [0.15, 0.2) is 21.2 Å². The first-order chi connectivity index (χ1) is 6.62. The molecule has 0 spiro atoms. The molecule has 1 atom stereocenters. The number of likely N-dealkylation sites (N-methyl/N-ethyl adjacent to an activating group) is 1. The third-order valence-corrected chi connectivity index (χ3v) is 3.33. The molecule has 0 aromatic carbocycles. The van der Waals surface area contributed by atoms with Gasteiger partial charge in [0, 0.05) is 6.54 Å². The van der Waals surface area contributed by atoms with Crippen molar-refractivity contribution >= 4 is 15.9 Å². The minimum Gasteiger partial charge on any atom is -0.465 e. The fourth-order valence-electron chi connectivity index (χ4n) is 2.06. The molecule has 1 aliphatic rings. The van der Waals surface area contributed by atoms with Gasteiger partial charge in [0.05, 0.1) is 10.7 Å². The molecule has 1 aliphatic heterocycles. The lowest BCUT2D eigenvalue weighted by Gasteiger charge is -2.36. The maximum atomic E-state index is 10.4. The monoisotopic (exact) mass is 259 g/mol. The van der Waals surface area contributed by atoms with E-state index in [1.807, 2.05) is 13.1 Å². The van der Waals surface area contributed by atoms with Gasteiger partial charge in [-0.2, -0.15) is 0 Å². The number of rotatable bonds is 1. The fourth-order valence-corrected chi connectivity index (χ4v) is 2.63. The zero-order chi connectivity index (χ0) is 10.2. The molecule has 2 heterocycles. The Labute approximate surface area is 91.8 Å². The summed E-state index contributed by atoms with van der Waals surface area (Å²) in [5, 5.41) is 10.4. The van der Waals surface area contributed by atoms with Crippen LogP contribution < -0.4 is 0 Å². The Balaban J connectivity index is 2.27. The molecule has 4 heteroatoms. The number of hydrogen-bond donors (Lipinski definition) is 1. The molecule has 1 aromatic rings. The predicted molar refractivity (Wildman–Crippen MR) is 57.0 cm³/mol. The maximum absolute atomic E-state index is 10.4. The van der Waals surface area contributed by atoms with Crippen LogP contribution in [-0.2, 0) is 5.60 Å². The summed E-state index contributed by atoms with van der Waals surface area (Å²) < 4.78 is 6.19. The average molecular weight is 260 g/mol. The van der Waals surface area contributed by atoms with Gasteiger partial charge in [0.25, 0.3) is 0 Å². The summed E-state index contributed by atoms with van der Waals surface area (Å²) >= 11 is 3.38. The van der Waals surface area contributed by atoms with Crippen LogP contribution in [0.1, 0.15) is 18.6 Å². The summed E-state index contributed by atoms with van der Waals surface area (Å²) in [6.45, 7) is 1.68. The second kappa shape index (κ2) is 3.68. The minimum atomic E-state index is -0.824. The van der Waals surface area contributed by atoms with Gasteiger partial charge in [-0.15, -0.1) is 0 Å². The lowest BCUT2D eigenvalue weighted by molar-refractivity contribution is -0.0446. The molecule has 1 saturated heterocycles. The summed E-state index contributed by atoms with van der Waals surface area (Å²) in [6, 6.07) is 1.82. The number of nitrogens with zero attached hydrogens (tertiary/aromatic N) is 1. The molecule has 0 saturated carbocycles. The van der Waals surface area contributed by atoms with Gasteiger partial charge in [-0.05, 0) is 48.4 Å². The maximum Gasteiger partial charge on any atom is 0.150 e. The van der Waals surface area contributed by atoms with Gasteiger partial charge < -0.3 is 14.4 Å². The van der Waals surface area contributed by atoms with Gasteiger partial charge in [-0.3, -0.25) is 0 Å². The fraction of sp³-hybridized carbons (Fsp3) is 0.600. The van der Waals surface area contributed by atoms with Crippen LogP contribution >= 0.6 is 15.9 Å². The second-order valence-corrected chi connectivity index (χ2v) is 4.82. The van der Waals surface area contributed by atoms with Crippen molar-refractivity contribution < 1.29 is 9.52 Å². The third kappa shape index (κ3) is 1.74. The van der Waals surface area contributed by atoms with E-state index >= 15 is 0 Å². The number of furan rings is 1. The number of halogens is 1. The highest BCUT2D eigenvalue weighted by Crippen LogP contribution is 2.35. The number of aliphatic hydroxyl groups is 1. The summed E-state index contributed by atoms with van der Waals surface area (Å²) in [4.78, 5) is 2.12. The van der Waals surface area contributed by atoms with Crippen molar-refractivity contribution in [1.82, 2.24) is 4.90 Å². The largest absolute Gasteiger partial charge is 0.465 e. The van der Waals surface area contributed by atoms with Crippen molar-refractivity contribution in [3.63, 3.8) is 0 Å². The molecular weight excluding hydrogens is 246 g/mol. The number of β-amino-alcohol motifs (C(OH)–C–C–N with tert-alkyl or cyclic N) is 1. The average Bonchev–Trinajstić information content (AvgIpc) is 2.51. The van der Waals surface area contributed by atoms with E-state index in [1.165, 1.54) is 0 Å². The lowest BCUT2D eigenvalue weighted by Crippen LogP contribution is -2.44. The Morgan fingerprint density at radius 1 is 1.64 bits per heavy atom. The zero-order valence-corrected chi connectivity index (χ0v) is 9.75. The van der Waals surface area contributed by atoms with E-state index in [1.54, 1.807) is 6.26 Å². The van der Waals surface area contributed by atoms with Gasteiger partial charge in [-0.25, -0.2) is 0 Å². The van der Waals surface area contributed by atoms with Crippen molar-refractivity contribution in [3.8, 4) is 0 Å². The molecular formula is C10H14BrNO2. The molecule has 78 valence electrons. The third-order valence-electron chi connectivity index (χ3n) is 2.70. The Morgan fingerprint density at radius 2 is 2.43 bits per heavy atom. The first-order valence-corrected chi connectivity index (χ1v) is 5.55. The molecule has 14 heavy (non-hydrogen) atoms. The highest BCUT2D eigenvalue weighted by atomic mass is 79.9. The van der Waals surface area contributed by atoms with Crippen LogP contribution in [0.5, 0.6) is 0 Å². The van der Waals surface area contributed by atoms with Gasteiger partial charge in [0.2, 0.25) is 0 Å². The number of piperidine rings is 1. The second-order valence-electron chi connectivity index (χ2n) is 3.97. The van der Waals surface area contributed by atoms with Gasteiger partial charge >= 0.3 is 0 Å². The Bertz CT molecular complexity index is 326. The first kappa shape index (κ1) is 10.2. The number of hydrogen-bond acceptors (Lipinski definition) is 3. The molecule has 0 bridgehead atoms. The van der Waals surface area contributed by atoms with Crippen molar-refractivity contribution in [2.24, 2.45) is 0 Å². The molecule has 2 rings (SSSR count). The summed E-state index contributed by atoms with van der Waals surface area (Å²) in [6.07, 6.45) is 3.37. The SMILES string of the molecule is CN1CCCC(O)(c2occc2Br)C1. The molecule has 0 radical (unpaired) electrons. The standard InChI is InChI=1S/C10H14BrNO2/c1-12-5-2-4-10(13,7-12)9-8(11)3-6-14-9/h3,6,13H,2,4-5,7H2,1H3. The topological polar surface area (TPSA) is 36.6 Å². The van der Waals surface area contributed by atoms with Gasteiger partial charge in [0.15, 0.2) is 5.76 Å². The Kier molecular flexibility index (Phi) is 2.68. The number of likely N-dealkylation sites (tertiary alicyclic amines) is 1. The smallest absolute Gasteiger partial charge is 0.150 e. The predicted octanol–water partition coefficient (Wildman–Crippen LogP) is 1.96. The van der Waals surface area contributed by atoms with Crippen LogP contribution in [0.25, 0.3) is 0 Å². The molecule has 3 nitrogen and oxygen atoms in total. The first-order valence-electron chi connectivity index (χ1n) is 4.76. The molecule has 0 aliphatic carbocycles. The summed E-state index contributed by atoms with van der Waals surface area (Å²) in [5.41, 5.74) is -0.824. The minimum absolute atomic E-state index is 0.638. The van der Waals surface area contributed by atoms with Gasteiger partial charge in [0.1, 0.15) is 5.60 Å². The molecule has 1 fully saturated rings. The van der Waals surface area contributed by atoms with E-state index in [0.717, 1.165) is 23.9 Å². The van der Waals surface area contributed by atoms with E-state index in [0.29, 0.717) is 12.3 Å². The zero-order valence-electron chi connectivity index (χ0n) is 8.16. The van der Waals surface area contributed by atoms with Crippen molar-refractivity contribution in [3.05, 3.63) is 22.6 Å². The Morgan fingerprint density at radius 3 is 3.00 bits per heavy atom. The van der Waals surface area contributed by atoms with Crippen LogP contribution in [-0.4, -0.2) is 30.1 Å².